The first kappa shape index (κ1) is 11.5. The Morgan fingerprint density at radius 3 is 2.84 bits per heavy atom. The predicted octanol–water partition coefficient (Wildman–Crippen LogP) is 3.24. The van der Waals surface area contributed by atoms with Crippen LogP contribution >= 0.6 is 0 Å². The number of benzene rings is 2. The van der Waals surface area contributed by atoms with Gasteiger partial charge in [0, 0.05) is 5.56 Å². The molecular weight excluding hydrogens is 240 g/mol. The van der Waals surface area contributed by atoms with E-state index in [0.717, 1.165) is 22.2 Å². The molecule has 0 radical (unpaired) electrons. The lowest BCUT2D eigenvalue weighted by molar-refractivity contribution is 0.0697. The number of imidazole rings is 1. The Bertz CT molecular complexity index is 775. The van der Waals surface area contributed by atoms with Crippen LogP contribution < -0.4 is 0 Å². The second kappa shape index (κ2) is 4.24. The van der Waals surface area contributed by atoms with Gasteiger partial charge in [0.1, 0.15) is 5.82 Å². The van der Waals surface area contributed by atoms with Gasteiger partial charge in [0.25, 0.3) is 0 Å². The van der Waals surface area contributed by atoms with Gasteiger partial charge >= 0.3 is 5.97 Å². The fraction of sp³-hybridized carbons (Fsp3) is 0.0667. The van der Waals surface area contributed by atoms with Crippen LogP contribution in [0.15, 0.2) is 42.5 Å². The van der Waals surface area contributed by atoms with Gasteiger partial charge in [-0.3, -0.25) is 0 Å². The van der Waals surface area contributed by atoms with Crippen LogP contribution in [-0.2, 0) is 0 Å². The van der Waals surface area contributed by atoms with Gasteiger partial charge in [-0.2, -0.15) is 0 Å². The van der Waals surface area contributed by atoms with E-state index >= 15 is 0 Å². The molecule has 0 atom stereocenters. The summed E-state index contributed by atoms with van der Waals surface area (Å²) >= 11 is 0. The first-order valence-corrected chi connectivity index (χ1v) is 5.93. The number of aromatic amines is 1. The standard InChI is InChI=1S/C15H12N2O2/c1-9-5-6-12-13(7-9)17-14(16-12)10-3-2-4-11(8-10)15(18)19/h2-8H,1H3,(H,16,17)(H,18,19). The molecule has 0 spiro atoms. The Morgan fingerprint density at radius 2 is 2.05 bits per heavy atom. The van der Waals surface area contributed by atoms with E-state index in [1.54, 1.807) is 18.2 Å². The lowest BCUT2D eigenvalue weighted by atomic mass is 10.1. The number of rotatable bonds is 2. The molecule has 4 nitrogen and oxygen atoms in total. The number of hydrogen-bond acceptors (Lipinski definition) is 2. The molecule has 0 saturated heterocycles. The van der Waals surface area contributed by atoms with Crippen LogP contribution in [0.4, 0.5) is 0 Å². The fourth-order valence-corrected chi connectivity index (χ4v) is 2.06. The number of nitrogens with zero attached hydrogens (tertiary/aromatic N) is 1. The molecule has 0 aliphatic carbocycles. The number of aromatic nitrogens is 2. The van der Waals surface area contributed by atoms with E-state index in [0.29, 0.717) is 5.82 Å². The molecule has 1 heterocycles. The van der Waals surface area contributed by atoms with E-state index in [-0.39, 0.29) is 5.56 Å². The Labute approximate surface area is 109 Å². The summed E-state index contributed by atoms with van der Waals surface area (Å²) in [6.45, 7) is 2.02. The third-order valence-electron chi connectivity index (χ3n) is 3.02. The monoisotopic (exact) mass is 252 g/mol. The number of fused-ring (bicyclic) bond motifs is 1. The topological polar surface area (TPSA) is 66.0 Å². The maximum absolute atomic E-state index is 11.0. The van der Waals surface area contributed by atoms with Crippen molar-refractivity contribution in [3.63, 3.8) is 0 Å². The van der Waals surface area contributed by atoms with Crippen molar-refractivity contribution in [3.05, 3.63) is 53.6 Å². The molecule has 0 aliphatic heterocycles. The lowest BCUT2D eigenvalue weighted by Gasteiger charge is -1.98. The van der Waals surface area contributed by atoms with Gasteiger partial charge in [0.15, 0.2) is 0 Å². The third kappa shape index (κ3) is 2.08. The molecule has 0 saturated carbocycles. The molecule has 0 unspecified atom stereocenters. The smallest absolute Gasteiger partial charge is 0.335 e. The van der Waals surface area contributed by atoms with E-state index in [2.05, 4.69) is 9.97 Å². The summed E-state index contributed by atoms with van der Waals surface area (Å²) in [5.74, 6) is -0.252. The number of carbonyl (C=O) groups is 1. The Morgan fingerprint density at radius 1 is 1.21 bits per heavy atom. The summed E-state index contributed by atoms with van der Waals surface area (Å²) in [5.41, 5.74) is 4.02. The highest BCUT2D eigenvalue weighted by molar-refractivity contribution is 5.89. The van der Waals surface area contributed by atoms with Gasteiger partial charge in [0.2, 0.25) is 0 Å². The first-order valence-electron chi connectivity index (χ1n) is 5.93. The minimum Gasteiger partial charge on any atom is -0.478 e. The number of carboxylic acids is 1. The van der Waals surface area contributed by atoms with Crippen molar-refractivity contribution in [3.8, 4) is 11.4 Å². The van der Waals surface area contributed by atoms with Crippen LogP contribution in [0.1, 0.15) is 15.9 Å². The van der Waals surface area contributed by atoms with Crippen LogP contribution in [0.5, 0.6) is 0 Å². The van der Waals surface area contributed by atoms with Gasteiger partial charge in [-0.15, -0.1) is 0 Å². The molecule has 0 amide bonds. The largest absolute Gasteiger partial charge is 0.478 e. The SMILES string of the molecule is Cc1ccc2nc(-c3cccc(C(=O)O)c3)[nH]c2c1. The summed E-state index contributed by atoms with van der Waals surface area (Å²) < 4.78 is 0. The van der Waals surface area contributed by atoms with Crippen LogP contribution in [-0.4, -0.2) is 21.0 Å². The number of nitrogens with one attached hydrogen (secondary N) is 1. The zero-order valence-electron chi connectivity index (χ0n) is 10.3. The number of carboxylic acid groups (broad SMARTS) is 1. The van der Waals surface area contributed by atoms with Gasteiger partial charge in [-0.1, -0.05) is 18.2 Å². The lowest BCUT2D eigenvalue weighted by Crippen LogP contribution is -1.95. The second-order valence-electron chi connectivity index (χ2n) is 4.49. The molecule has 19 heavy (non-hydrogen) atoms. The highest BCUT2D eigenvalue weighted by atomic mass is 16.4. The van der Waals surface area contributed by atoms with Crippen molar-refractivity contribution in [2.75, 3.05) is 0 Å². The molecular formula is C15H12N2O2. The van der Waals surface area contributed by atoms with Crippen molar-refractivity contribution >= 4 is 17.0 Å². The van der Waals surface area contributed by atoms with Crippen molar-refractivity contribution < 1.29 is 9.90 Å². The van der Waals surface area contributed by atoms with Gasteiger partial charge < -0.3 is 10.1 Å². The minimum atomic E-state index is -0.936. The van der Waals surface area contributed by atoms with Crippen LogP contribution in [0.3, 0.4) is 0 Å². The predicted molar refractivity (Wildman–Crippen MR) is 73.2 cm³/mol. The molecule has 2 N–H and O–H groups in total. The van der Waals surface area contributed by atoms with E-state index in [1.807, 2.05) is 31.2 Å². The van der Waals surface area contributed by atoms with E-state index in [4.69, 9.17) is 5.11 Å². The summed E-state index contributed by atoms with van der Waals surface area (Å²) in [5, 5.41) is 9.00. The zero-order chi connectivity index (χ0) is 13.4. The van der Waals surface area contributed by atoms with Gasteiger partial charge in [-0.25, -0.2) is 9.78 Å². The Kier molecular flexibility index (Phi) is 2.56. The van der Waals surface area contributed by atoms with Crippen LogP contribution in [0.2, 0.25) is 0 Å². The van der Waals surface area contributed by atoms with Crippen molar-refractivity contribution in [2.24, 2.45) is 0 Å². The molecule has 3 rings (SSSR count). The third-order valence-corrected chi connectivity index (χ3v) is 3.02. The maximum atomic E-state index is 11.0. The normalized spacial score (nSPS) is 10.8. The number of hydrogen-bond donors (Lipinski definition) is 2. The van der Waals surface area contributed by atoms with E-state index in [9.17, 15) is 4.79 Å². The summed E-state index contributed by atoms with van der Waals surface area (Å²) in [6.07, 6.45) is 0. The molecule has 3 aromatic rings. The van der Waals surface area contributed by atoms with Gasteiger partial charge in [0.05, 0.1) is 16.6 Å². The number of H-pyrrole nitrogens is 1. The Balaban J connectivity index is 2.13. The average molecular weight is 252 g/mol. The van der Waals surface area contributed by atoms with E-state index in [1.165, 1.54) is 0 Å². The van der Waals surface area contributed by atoms with Crippen molar-refractivity contribution in [1.82, 2.24) is 9.97 Å². The number of aromatic carboxylic acids is 1. The fourth-order valence-electron chi connectivity index (χ4n) is 2.06. The molecule has 0 aliphatic rings. The molecule has 2 aromatic carbocycles. The summed E-state index contributed by atoms with van der Waals surface area (Å²) in [6, 6.07) is 12.7. The minimum absolute atomic E-state index is 0.258. The number of aryl methyl sites for hydroxylation is 1. The summed E-state index contributed by atoms with van der Waals surface area (Å²) in [4.78, 5) is 18.7. The molecule has 1 aromatic heterocycles. The van der Waals surface area contributed by atoms with Gasteiger partial charge in [-0.05, 0) is 36.8 Å². The first-order chi connectivity index (χ1) is 9.13. The molecule has 94 valence electrons. The maximum Gasteiger partial charge on any atom is 0.335 e. The highest BCUT2D eigenvalue weighted by Gasteiger charge is 2.08. The highest BCUT2D eigenvalue weighted by Crippen LogP contribution is 2.22. The van der Waals surface area contributed by atoms with Crippen LogP contribution in [0.25, 0.3) is 22.4 Å². The summed E-state index contributed by atoms with van der Waals surface area (Å²) in [7, 11) is 0. The second-order valence-corrected chi connectivity index (χ2v) is 4.49. The average Bonchev–Trinajstić information content (AvgIpc) is 2.81. The molecule has 0 bridgehead atoms. The van der Waals surface area contributed by atoms with Crippen molar-refractivity contribution in [2.45, 2.75) is 6.92 Å². The van der Waals surface area contributed by atoms with E-state index < -0.39 is 5.97 Å². The zero-order valence-corrected chi connectivity index (χ0v) is 10.3. The van der Waals surface area contributed by atoms with Crippen LogP contribution in [0, 0.1) is 6.92 Å². The molecule has 0 fully saturated rings. The van der Waals surface area contributed by atoms with Crippen molar-refractivity contribution in [1.29, 1.82) is 0 Å². The quantitative estimate of drug-likeness (QED) is 0.735. The molecule has 4 heteroatoms. The Hall–Kier alpha value is -2.62.